The lowest BCUT2D eigenvalue weighted by Crippen LogP contribution is -2.27. The van der Waals surface area contributed by atoms with Crippen LogP contribution in [0.1, 0.15) is 28.8 Å². The van der Waals surface area contributed by atoms with Crippen molar-refractivity contribution in [3.8, 4) is 5.75 Å². The average molecular weight is 401 g/mol. The summed E-state index contributed by atoms with van der Waals surface area (Å²) in [6.07, 6.45) is 1.86. The van der Waals surface area contributed by atoms with Gasteiger partial charge in [-0.05, 0) is 49.6 Å². The molecule has 0 radical (unpaired) electrons. The van der Waals surface area contributed by atoms with Gasteiger partial charge in [0.15, 0.2) is 6.61 Å². The number of nitrogens with one attached hydrogen (secondary N) is 3. The van der Waals surface area contributed by atoms with E-state index in [1.807, 2.05) is 0 Å². The summed E-state index contributed by atoms with van der Waals surface area (Å²) in [6, 6.07) is 9.52. The van der Waals surface area contributed by atoms with Crippen LogP contribution in [-0.4, -0.2) is 32.9 Å². The topological polar surface area (TPSA) is 114 Å². The molecule has 9 heteroatoms. The third kappa shape index (κ3) is 3.65. The molecule has 1 aliphatic carbocycles. The Kier molecular flexibility index (Phi) is 4.46. The molecule has 8 nitrogen and oxygen atoms in total. The van der Waals surface area contributed by atoms with Crippen molar-refractivity contribution in [3.63, 3.8) is 0 Å². The Morgan fingerprint density at radius 3 is 2.71 bits per heavy atom. The highest BCUT2D eigenvalue weighted by atomic mass is 32.2. The zero-order chi connectivity index (χ0) is 19.9. The molecule has 1 heterocycles. The highest BCUT2D eigenvalue weighted by Gasteiger charge is 2.27. The maximum absolute atomic E-state index is 13.0. The number of hydrogen-bond acceptors (Lipinski definition) is 5. The van der Waals surface area contributed by atoms with Gasteiger partial charge in [0.2, 0.25) is 0 Å². The molecular formula is C19H19N3O5S. The van der Waals surface area contributed by atoms with Crippen molar-refractivity contribution in [2.24, 2.45) is 0 Å². The fourth-order valence-electron chi connectivity index (χ4n) is 2.96. The van der Waals surface area contributed by atoms with Crippen LogP contribution in [0, 0.1) is 6.92 Å². The van der Waals surface area contributed by atoms with Crippen molar-refractivity contribution in [1.29, 1.82) is 0 Å². The molecule has 0 atom stereocenters. The molecule has 0 bridgehead atoms. The number of carbonyl (C=O) groups excluding carboxylic acids is 2. The molecule has 1 saturated carbocycles. The van der Waals surface area contributed by atoms with E-state index >= 15 is 0 Å². The van der Waals surface area contributed by atoms with Crippen molar-refractivity contribution in [2.75, 3.05) is 16.6 Å². The van der Waals surface area contributed by atoms with Crippen molar-refractivity contribution in [3.05, 3.63) is 47.5 Å². The predicted octanol–water partition coefficient (Wildman–Crippen LogP) is 2.02. The fraction of sp³-hybridized carbons (Fsp3) is 0.263. The van der Waals surface area contributed by atoms with Gasteiger partial charge in [-0.2, -0.15) is 0 Å². The van der Waals surface area contributed by atoms with Crippen LogP contribution in [0.25, 0.3) is 0 Å². The molecular weight excluding hydrogens is 382 g/mol. The van der Waals surface area contributed by atoms with Crippen LogP contribution in [0.15, 0.2) is 41.3 Å². The van der Waals surface area contributed by atoms with Gasteiger partial charge in [0.1, 0.15) is 5.75 Å². The monoisotopic (exact) mass is 401 g/mol. The number of rotatable bonds is 5. The number of sulfonamides is 1. The van der Waals surface area contributed by atoms with Gasteiger partial charge in [-0.3, -0.25) is 14.3 Å². The first-order valence-electron chi connectivity index (χ1n) is 8.83. The second-order valence-electron chi connectivity index (χ2n) is 6.85. The Balaban J connectivity index is 1.66. The number of amides is 2. The summed E-state index contributed by atoms with van der Waals surface area (Å²) in [5, 5.41) is 5.46. The number of aryl methyl sites for hydroxylation is 1. The van der Waals surface area contributed by atoms with Crippen LogP contribution < -0.4 is 20.1 Å². The minimum atomic E-state index is -4.00. The van der Waals surface area contributed by atoms with E-state index in [1.165, 1.54) is 12.1 Å². The Hall–Kier alpha value is -3.07. The lowest BCUT2D eigenvalue weighted by Gasteiger charge is -2.20. The van der Waals surface area contributed by atoms with E-state index < -0.39 is 10.0 Å². The highest BCUT2D eigenvalue weighted by Crippen LogP contribution is 2.34. The lowest BCUT2D eigenvalue weighted by atomic mass is 10.1. The van der Waals surface area contributed by atoms with Crippen LogP contribution in [0.2, 0.25) is 0 Å². The standard InChI is InChI=1S/C19H19N3O5S/c1-11-8-16-15(21-18(23)10-27-16)9-17(11)28(25,26)22-14-5-3-2-4-13(14)19(24)20-12-6-7-12/h2-5,8-9,12,22H,6-7,10H2,1H3,(H,20,24)(H,21,23). The third-order valence-corrected chi connectivity index (χ3v) is 6.04. The summed E-state index contributed by atoms with van der Waals surface area (Å²) in [6.45, 7) is 1.53. The molecule has 2 aromatic carbocycles. The van der Waals surface area contributed by atoms with Gasteiger partial charge in [-0.15, -0.1) is 0 Å². The van der Waals surface area contributed by atoms with E-state index in [0.29, 0.717) is 17.0 Å². The third-order valence-electron chi connectivity index (χ3n) is 4.53. The summed E-state index contributed by atoms with van der Waals surface area (Å²) < 4.78 is 33.8. The maximum Gasteiger partial charge on any atom is 0.262 e. The first kappa shape index (κ1) is 18.3. The van der Waals surface area contributed by atoms with E-state index in [9.17, 15) is 18.0 Å². The molecule has 4 rings (SSSR count). The Labute approximate surface area is 162 Å². The van der Waals surface area contributed by atoms with Gasteiger partial charge in [-0.1, -0.05) is 12.1 Å². The normalized spacial score (nSPS) is 15.8. The van der Waals surface area contributed by atoms with Gasteiger partial charge in [0, 0.05) is 6.04 Å². The van der Waals surface area contributed by atoms with Crippen LogP contribution in [0.5, 0.6) is 5.75 Å². The van der Waals surface area contributed by atoms with Crippen LogP contribution in [0.3, 0.4) is 0 Å². The Bertz CT molecular complexity index is 1080. The quantitative estimate of drug-likeness (QED) is 0.709. The molecule has 1 aliphatic heterocycles. The molecule has 3 N–H and O–H groups in total. The van der Waals surface area contributed by atoms with Crippen LogP contribution in [-0.2, 0) is 14.8 Å². The van der Waals surface area contributed by atoms with Gasteiger partial charge in [0.05, 0.1) is 21.8 Å². The summed E-state index contributed by atoms with van der Waals surface area (Å²) in [4.78, 5) is 23.9. The van der Waals surface area contributed by atoms with Gasteiger partial charge < -0.3 is 15.4 Å². The largest absolute Gasteiger partial charge is 0.482 e. The molecule has 28 heavy (non-hydrogen) atoms. The molecule has 146 valence electrons. The molecule has 2 aromatic rings. The molecule has 1 fully saturated rings. The first-order chi connectivity index (χ1) is 13.3. The van der Waals surface area contributed by atoms with E-state index in [1.54, 1.807) is 31.2 Å². The summed E-state index contributed by atoms with van der Waals surface area (Å²) >= 11 is 0. The van der Waals surface area contributed by atoms with Crippen molar-refractivity contribution in [2.45, 2.75) is 30.7 Å². The molecule has 0 spiro atoms. The number of anilines is 2. The predicted molar refractivity (Wildman–Crippen MR) is 103 cm³/mol. The molecule has 0 saturated heterocycles. The van der Waals surface area contributed by atoms with Gasteiger partial charge >= 0.3 is 0 Å². The lowest BCUT2D eigenvalue weighted by molar-refractivity contribution is -0.118. The Morgan fingerprint density at radius 2 is 1.96 bits per heavy atom. The second-order valence-corrected chi connectivity index (χ2v) is 8.50. The zero-order valence-electron chi connectivity index (χ0n) is 15.1. The minimum Gasteiger partial charge on any atom is -0.482 e. The number of ether oxygens (including phenoxy) is 1. The highest BCUT2D eigenvalue weighted by molar-refractivity contribution is 7.92. The Morgan fingerprint density at radius 1 is 1.21 bits per heavy atom. The zero-order valence-corrected chi connectivity index (χ0v) is 15.9. The average Bonchev–Trinajstić information content (AvgIpc) is 3.45. The van der Waals surface area contributed by atoms with E-state index in [0.717, 1.165) is 12.8 Å². The van der Waals surface area contributed by atoms with E-state index in [4.69, 9.17) is 4.74 Å². The maximum atomic E-state index is 13.0. The van der Waals surface area contributed by atoms with E-state index in [-0.39, 0.29) is 40.6 Å². The van der Waals surface area contributed by atoms with Crippen LogP contribution >= 0.6 is 0 Å². The van der Waals surface area contributed by atoms with Gasteiger partial charge in [0.25, 0.3) is 21.8 Å². The number of carbonyl (C=O) groups is 2. The number of fused-ring (bicyclic) bond motifs is 1. The smallest absolute Gasteiger partial charge is 0.262 e. The minimum absolute atomic E-state index is 0.00514. The van der Waals surface area contributed by atoms with Crippen molar-refractivity contribution in [1.82, 2.24) is 5.32 Å². The number of para-hydroxylation sites is 1. The molecule has 0 aromatic heterocycles. The van der Waals surface area contributed by atoms with Gasteiger partial charge in [-0.25, -0.2) is 8.42 Å². The molecule has 2 amide bonds. The summed E-state index contributed by atoms with van der Waals surface area (Å²) in [7, 11) is -4.00. The fourth-order valence-corrected chi connectivity index (χ4v) is 4.29. The van der Waals surface area contributed by atoms with Crippen LogP contribution in [0.4, 0.5) is 11.4 Å². The molecule has 0 unspecified atom stereocenters. The number of benzene rings is 2. The first-order valence-corrected chi connectivity index (χ1v) is 10.3. The summed E-state index contributed by atoms with van der Waals surface area (Å²) in [5.41, 5.74) is 1.20. The molecule has 2 aliphatic rings. The van der Waals surface area contributed by atoms with Crippen molar-refractivity contribution < 1.29 is 22.7 Å². The second kappa shape index (κ2) is 6.83. The van der Waals surface area contributed by atoms with Crippen molar-refractivity contribution >= 4 is 33.2 Å². The SMILES string of the molecule is Cc1cc2c(cc1S(=O)(=O)Nc1ccccc1C(=O)NC1CC1)NC(=O)CO2. The number of hydrogen-bond donors (Lipinski definition) is 3. The summed E-state index contributed by atoms with van der Waals surface area (Å²) in [5.74, 6) is -0.251. The van der Waals surface area contributed by atoms with E-state index in [2.05, 4.69) is 15.4 Å².